The van der Waals surface area contributed by atoms with Crippen LogP contribution in [0.1, 0.15) is 24.4 Å². The van der Waals surface area contributed by atoms with E-state index in [1.54, 1.807) is 11.8 Å². The van der Waals surface area contributed by atoms with E-state index in [0.717, 1.165) is 33.8 Å². The van der Waals surface area contributed by atoms with Crippen molar-refractivity contribution in [2.75, 3.05) is 19.6 Å². The lowest BCUT2D eigenvalue weighted by atomic mass is 10.1. The third-order valence-corrected chi connectivity index (χ3v) is 5.25. The molecule has 3 rings (SSSR count). The minimum atomic E-state index is 0.235. The Morgan fingerprint density at radius 1 is 1.38 bits per heavy atom. The molecule has 1 atom stereocenters. The fourth-order valence-electron chi connectivity index (χ4n) is 2.07. The molecule has 0 saturated carbocycles. The molecule has 0 amide bonds. The summed E-state index contributed by atoms with van der Waals surface area (Å²) in [5, 5.41) is 3.34. The van der Waals surface area contributed by atoms with Gasteiger partial charge in [-0.25, -0.2) is 4.98 Å². The zero-order valence-corrected chi connectivity index (χ0v) is 13.6. The molecule has 1 aliphatic rings. The molecule has 21 heavy (non-hydrogen) atoms. The Balaban J connectivity index is 1.67. The number of hydrogen-bond acceptors (Lipinski definition) is 7. The zero-order valence-electron chi connectivity index (χ0n) is 12.0. The Bertz CT molecular complexity index is 618. The molecule has 1 aromatic carbocycles. The van der Waals surface area contributed by atoms with E-state index in [1.807, 2.05) is 19.2 Å². The highest BCUT2D eigenvalue weighted by molar-refractivity contribution is 8.00. The smallest absolute Gasteiger partial charge is 0.231 e. The molecule has 7 heteroatoms. The van der Waals surface area contributed by atoms with Crippen molar-refractivity contribution in [2.45, 2.75) is 23.7 Å². The van der Waals surface area contributed by atoms with Crippen LogP contribution in [-0.4, -0.2) is 29.0 Å². The van der Waals surface area contributed by atoms with Crippen LogP contribution in [0, 0.1) is 0 Å². The summed E-state index contributed by atoms with van der Waals surface area (Å²) in [4.78, 5) is 4.48. The van der Waals surface area contributed by atoms with Gasteiger partial charge in [0.05, 0.1) is 0 Å². The molecule has 2 heterocycles. The predicted octanol–water partition coefficient (Wildman–Crippen LogP) is 2.88. The second-order valence-corrected chi connectivity index (χ2v) is 6.61. The number of aromatic nitrogens is 2. The standard InChI is InChI=1S/C14H17N3O2S2/c1-3-13-16-14(21-17-13)20-7-10(15-2)9-4-5-11-12(6-9)19-8-18-11/h4-6,10,15H,3,7-8H2,1-2H3. The van der Waals surface area contributed by atoms with Crippen molar-refractivity contribution in [3.8, 4) is 11.5 Å². The van der Waals surface area contributed by atoms with Crippen molar-refractivity contribution in [3.63, 3.8) is 0 Å². The fourth-order valence-corrected chi connectivity index (χ4v) is 3.94. The second kappa shape index (κ2) is 6.64. The van der Waals surface area contributed by atoms with Gasteiger partial charge >= 0.3 is 0 Å². The summed E-state index contributed by atoms with van der Waals surface area (Å²) in [6.45, 7) is 2.38. The van der Waals surface area contributed by atoms with Crippen LogP contribution in [0.15, 0.2) is 22.5 Å². The minimum Gasteiger partial charge on any atom is -0.454 e. The van der Waals surface area contributed by atoms with Crippen molar-refractivity contribution >= 4 is 23.3 Å². The second-order valence-electron chi connectivity index (χ2n) is 4.60. The van der Waals surface area contributed by atoms with Gasteiger partial charge in [-0.3, -0.25) is 0 Å². The first-order valence-corrected chi connectivity index (χ1v) is 8.58. The van der Waals surface area contributed by atoms with Crippen LogP contribution in [0.5, 0.6) is 11.5 Å². The van der Waals surface area contributed by atoms with Gasteiger partial charge in [0.15, 0.2) is 15.8 Å². The summed E-state index contributed by atoms with van der Waals surface area (Å²) in [6, 6.07) is 6.32. The van der Waals surface area contributed by atoms with E-state index in [2.05, 4.69) is 27.7 Å². The van der Waals surface area contributed by atoms with E-state index < -0.39 is 0 Å². The Labute approximate surface area is 132 Å². The average molecular weight is 323 g/mol. The molecule has 0 spiro atoms. The maximum absolute atomic E-state index is 5.44. The van der Waals surface area contributed by atoms with Gasteiger partial charge < -0.3 is 14.8 Å². The molecule has 0 fully saturated rings. The van der Waals surface area contributed by atoms with E-state index >= 15 is 0 Å². The third-order valence-electron chi connectivity index (χ3n) is 3.29. The molecular weight excluding hydrogens is 306 g/mol. The highest BCUT2D eigenvalue weighted by Crippen LogP contribution is 2.35. The molecule has 2 aromatic rings. The predicted molar refractivity (Wildman–Crippen MR) is 84.4 cm³/mol. The van der Waals surface area contributed by atoms with Crippen molar-refractivity contribution in [1.29, 1.82) is 0 Å². The number of thioether (sulfide) groups is 1. The number of ether oxygens (including phenoxy) is 2. The van der Waals surface area contributed by atoms with Gasteiger partial charge in [0.1, 0.15) is 5.82 Å². The van der Waals surface area contributed by atoms with E-state index in [9.17, 15) is 0 Å². The molecule has 5 nitrogen and oxygen atoms in total. The molecule has 1 N–H and O–H groups in total. The quantitative estimate of drug-likeness (QED) is 0.825. The Hall–Kier alpha value is -1.31. The SMILES string of the molecule is CCc1nsc(SCC(NC)c2ccc3c(c2)OCO3)n1. The van der Waals surface area contributed by atoms with Crippen LogP contribution < -0.4 is 14.8 Å². The molecular formula is C14H17N3O2S2. The summed E-state index contributed by atoms with van der Waals surface area (Å²) in [7, 11) is 1.97. The van der Waals surface area contributed by atoms with Gasteiger partial charge in [0.2, 0.25) is 6.79 Å². The first kappa shape index (κ1) is 14.6. The van der Waals surface area contributed by atoms with Gasteiger partial charge in [0.25, 0.3) is 0 Å². The Morgan fingerprint density at radius 2 is 2.24 bits per heavy atom. The Morgan fingerprint density at radius 3 is 3.00 bits per heavy atom. The van der Waals surface area contributed by atoms with Crippen molar-refractivity contribution in [2.24, 2.45) is 0 Å². The summed E-state index contributed by atoms with van der Waals surface area (Å²) in [5.74, 6) is 3.46. The number of benzene rings is 1. The van der Waals surface area contributed by atoms with Crippen LogP contribution in [0.4, 0.5) is 0 Å². The lowest BCUT2D eigenvalue weighted by Crippen LogP contribution is -2.18. The monoisotopic (exact) mass is 323 g/mol. The minimum absolute atomic E-state index is 0.235. The highest BCUT2D eigenvalue weighted by atomic mass is 32.2. The summed E-state index contributed by atoms with van der Waals surface area (Å²) in [6.07, 6.45) is 0.884. The fraction of sp³-hybridized carbons (Fsp3) is 0.429. The number of nitrogens with zero attached hydrogens (tertiary/aromatic N) is 2. The number of aryl methyl sites for hydroxylation is 1. The van der Waals surface area contributed by atoms with Gasteiger partial charge in [-0.05, 0) is 36.3 Å². The number of rotatable bonds is 6. The lowest BCUT2D eigenvalue weighted by Gasteiger charge is -2.15. The molecule has 0 saturated heterocycles. The number of fused-ring (bicyclic) bond motifs is 1. The van der Waals surface area contributed by atoms with Crippen LogP contribution in [-0.2, 0) is 6.42 Å². The van der Waals surface area contributed by atoms with E-state index in [4.69, 9.17) is 9.47 Å². The van der Waals surface area contributed by atoms with E-state index in [-0.39, 0.29) is 6.04 Å². The molecule has 1 unspecified atom stereocenters. The number of nitrogens with one attached hydrogen (secondary N) is 1. The first-order chi connectivity index (χ1) is 10.3. The summed E-state index contributed by atoms with van der Waals surface area (Å²) >= 11 is 3.20. The van der Waals surface area contributed by atoms with E-state index in [1.165, 1.54) is 17.1 Å². The van der Waals surface area contributed by atoms with Crippen LogP contribution in [0.2, 0.25) is 0 Å². The molecule has 0 bridgehead atoms. The molecule has 1 aromatic heterocycles. The van der Waals surface area contributed by atoms with Crippen molar-refractivity contribution in [3.05, 3.63) is 29.6 Å². The summed E-state index contributed by atoms with van der Waals surface area (Å²) in [5.41, 5.74) is 1.19. The van der Waals surface area contributed by atoms with Gasteiger partial charge in [-0.2, -0.15) is 4.37 Å². The van der Waals surface area contributed by atoms with Crippen molar-refractivity contribution < 1.29 is 9.47 Å². The zero-order chi connectivity index (χ0) is 14.7. The topological polar surface area (TPSA) is 56.3 Å². The maximum atomic E-state index is 5.44. The molecule has 0 aliphatic carbocycles. The van der Waals surface area contributed by atoms with Gasteiger partial charge in [-0.1, -0.05) is 24.8 Å². The summed E-state index contributed by atoms with van der Waals surface area (Å²) < 4.78 is 16.1. The normalized spacial score (nSPS) is 14.4. The largest absolute Gasteiger partial charge is 0.454 e. The van der Waals surface area contributed by atoms with Crippen LogP contribution in [0.3, 0.4) is 0 Å². The van der Waals surface area contributed by atoms with Gasteiger partial charge in [0, 0.05) is 18.2 Å². The van der Waals surface area contributed by atoms with E-state index in [0.29, 0.717) is 6.79 Å². The lowest BCUT2D eigenvalue weighted by molar-refractivity contribution is 0.174. The highest BCUT2D eigenvalue weighted by Gasteiger charge is 2.17. The number of hydrogen-bond donors (Lipinski definition) is 1. The molecule has 112 valence electrons. The van der Waals surface area contributed by atoms with Crippen LogP contribution in [0.25, 0.3) is 0 Å². The molecule has 0 radical (unpaired) electrons. The third kappa shape index (κ3) is 3.30. The van der Waals surface area contributed by atoms with Crippen molar-refractivity contribution in [1.82, 2.24) is 14.7 Å². The first-order valence-electron chi connectivity index (χ1n) is 6.82. The van der Waals surface area contributed by atoms with Crippen LogP contribution >= 0.6 is 23.3 Å². The van der Waals surface area contributed by atoms with Gasteiger partial charge in [-0.15, -0.1) is 0 Å². The average Bonchev–Trinajstić information content (AvgIpc) is 3.16. The molecule has 1 aliphatic heterocycles. The Kier molecular flexibility index (Phi) is 4.62. The maximum Gasteiger partial charge on any atom is 0.231 e.